The molecule has 2 N–H and O–H groups in total. The highest BCUT2D eigenvalue weighted by Crippen LogP contribution is 2.40. The van der Waals surface area contributed by atoms with E-state index in [2.05, 4.69) is 19.9 Å². The van der Waals surface area contributed by atoms with Gasteiger partial charge >= 0.3 is 12.3 Å². The van der Waals surface area contributed by atoms with E-state index in [9.17, 15) is 18.0 Å². The fourth-order valence-electron chi connectivity index (χ4n) is 4.49. The van der Waals surface area contributed by atoms with Gasteiger partial charge in [-0.15, -0.1) is 0 Å². The number of nitrogens with zero attached hydrogens (tertiary/aromatic N) is 6. The van der Waals surface area contributed by atoms with E-state index in [1.807, 2.05) is 37.3 Å². The smallest absolute Gasteiger partial charge is 0.434 e. The number of aromatic nitrogens is 4. The number of morpholine rings is 1. The lowest BCUT2D eigenvalue weighted by atomic mass is 10.00. The molecule has 0 radical (unpaired) electrons. The van der Waals surface area contributed by atoms with Crippen LogP contribution in [0.4, 0.5) is 35.7 Å². The van der Waals surface area contributed by atoms with E-state index in [0.29, 0.717) is 32.7 Å². The van der Waals surface area contributed by atoms with Crippen molar-refractivity contribution >= 4 is 23.8 Å². The lowest BCUT2D eigenvalue weighted by molar-refractivity contribution is -0.140. The Bertz CT molecular complexity index is 1290. The third-order valence-corrected chi connectivity index (χ3v) is 6.25. The first-order valence-corrected chi connectivity index (χ1v) is 11.7. The van der Waals surface area contributed by atoms with Crippen molar-refractivity contribution in [2.24, 2.45) is 0 Å². The van der Waals surface area contributed by atoms with Crippen LogP contribution in [0.15, 0.2) is 42.6 Å². The maximum atomic E-state index is 13.9. The number of halogens is 3. The molecule has 2 aliphatic rings. The molecular formula is C24H24F3N7O3. The first-order chi connectivity index (χ1) is 17.8. The number of hydrogen-bond donors (Lipinski definition) is 1. The standard InChI is InChI=1S/C24H24F3N7O3/c1-2-17-19(14-6-4-3-5-7-14)37-23(35)34(17)18-12-16(30-22(31-18)33-8-10-36-11-9-33)15-13-29-21(28)32-20(15)24(25,26)27/h3-7,12-13,17,19H,2,8-11H2,1H3,(H2,28,29,32)/t17?,19-/m1/s1. The second-order valence-electron chi connectivity index (χ2n) is 8.56. The molecule has 0 aliphatic carbocycles. The molecule has 2 atom stereocenters. The molecule has 3 aromatic rings. The zero-order valence-corrected chi connectivity index (χ0v) is 19.9. The number of carbonyl (C=O) groups excluding carboxylic acids is 1. The number of amides is 1. The van der Waals surface area contributed by atoms with Gasteiger partial charge in [0.1, 0.15) is 11.9 Å². The summed E-state index contributed by atoms with van der Waals surface area (Å²) in [6, 6.07) is 10.1. The Balaban J connectivity index is 1.64. The molecule has 1 amide bonds. The van der Waals surface area contributed by atoms with Crippen LogP contribution in [0, 0.1) is 0 Å². The molecule has 2 saturated heterocycles. The molecule has 2 fully saturated rings. The topological polar surface area (TPSA) is 120 Å². The summed E-state index contributed by atoms with van der Waals surface area (Å²) < 4.78 is 52.8. The van der Waals surface area contributed by atoms with Gasteiger partial charge in [-0.1, -0.05) is 37.3 Å². The maximum absolute atomic E-state index is 13.9. The molecule has 37 heavy (non-hydrogen) atoms. The Morgan fingerprint density at radius 3 is 2.51 bits per heavy atom. The summed E-state index contributed by atoms with van der Waals surface area (Å²) in [5.41, 5.74) is 4.57. The fourth-order valence-corrected chi connectivity index (χ4v) is 4.49. The Morgan fingerprint density at radius 1 is 1.11 bits per heavy atom. The molecule has 2 aromatic heterocycles. The largest absolute Gasteiger partial charge is 0.439 e. The predicted molar refractivity (Wildman–Crippen MR) is 128 cm³/mol. The first-order valence-electron chi connectivity index (χ1n) is 11.7. The molecule has 0 bridgehead atoms. The average Bonchev–Trinajstić information content (AvgIpc) is 3.25. The zero-order chi connectivity index (χ0) is 26.2. The van der Waals surface area contributed by atoms with Crippen molar-refractivity contribution in [3.63, 3.8) is 0 Å². The number of hydrogen-bond acceptors (Lipinski definition) is 9. The monoisotopic (exact) mass is 515 g/mol. The van der Waals surface area contributed by atoms with Crippen LogP contribution in [0.1, 0.15) is 30.7 Å². The van der Waals surface area contributed by atoms with Crippen LogP contribution in [0.2, 0.25) is 0 Å². The van der Waals surface area contributed by atoms with Crippen LogP contribution >= 0.6 is 0 Å². The zero-order valence-electron chi connectivity index (χ0n) is 19.9. The summed E-state index contributed by atoms with van der Waals surface area (Å²) in [6.45, 7) is 3.57. The van der Waals surface area contributed by atoms with Gasteiger partial charge in [-0.2, -0.15) is 18.2 Å². The summed E-state index contributed by atoms with van der Waals surface area (Å²) in [4.78, 5) is 32.5. The Morgan fingerprint density at radius 2 is 1.84 bits per heavy atom. The van der Waals surface area contributed by atoms with E-state index in [0.717, 1.165) is 11.8 Å². The second-order valence-corrected chi connectivity index (χ2v) is 8.56. The Kier molecular flexibility index (Phi) is 6.54. The lowest BCUT2D eigenvalue weighted by Gasteiger charge is -2.29. The number of cyclic esters (lactones) is 1. The van der Waals surface area contributed by atoms with E-state index in [1.54, 1.807) is 4.90 Å². The third-order valence-electron chi connectivity index (χ3n) is 6.25. The highest BCUT2D eigenvalue weighted by atomic mass is 19.4. The van der Waals surface area contributed by atoms with Crippen molar-refractivity contribution in [3.8, 4) is 11.3 Å². The van der Waals surface area contributed by atoms with Gasteiger partial charge in [0.05, 0.1) is 24.9 Å². The quantitative estimate of drug-likeness (QED) is 0.540. The summed E-state index contributed by atoms with van der Waals surface area (Å²) in [5.74, 6) is -0.239. The van der Waals surface area contributed by atoms with E-state index in [1.165, 1.54) is 11.0 Å². The fraction of sp³-hybridized carbons (Fsp3) is 0.375. The molecule has 13 heteroatoms. The third kappa shape index (κ3) is 4.86. The Labute approximate surface area is 210 Å². The van der Waals surface area contributed by atoms with Crippen LogP contribution in [0.25, 0.3) is 11.3 Å². The number of nitrogens with two attached hydrogens (primary N) is 1. The van der Waals surface area contributed by atoms with Crippen LogP contribution in [0.3, 0.4) is 0 Å². The lowest BCUT2D eigenvalue weighted by Crippen LogP contribution is -2.39. The van der Waals surface area contributed by atoms with Crippen molar-refractivity contribution < 1.29 is 27.4 Å². The summed E-state index contributed by atoms with van der Waals surface area (Å²) >= 11 is 0. The maximum Gasteiger partial charge on any atom is 0.434 e. The SMILES string of the molecule is CCC1[C@@H](c2ccccc2)OC(=O)N1c1cc(-c2cnc(N)nc2C(F)(F)F)nc(N2CCOCC2)n1. The van der Waals surface area contributed by atoms with Crippen LogP contribution in [-0.4, -0.2) is 58.4 Å². The van der Waals surface area contributed by atoms with E-state index >= 15 is 0 Å². The predicted octanol–water partition coefficient (Wildman–Crippen LogP) is 3.85. The van der Waals surface area contributed by atoms with E-state index in [4.69, 9.17) is 15.2 Å². The van der Waals surface area contributed by atoms with Gasteiger partial charge in [0, 0.05) is 30.9 Å². The minimum absolute atomic E-state index is 0.0929. The van der Waals surface area contributed by atoms with E-state index < -0.39 is 36.1 Å². The summed E-state index contributed by atoms with van der Waals surface area (Å²) in [6.07, 6.45) is -4.55. The minimum Gasteiger partial charge on any atom is -0.439 e. The van der Waals surface area contributed by atoms with Gasteiger partial charge in [-0.25, -0.2) is 19.7 Å². The highest BCUT2D eigenvalue weighted by Gasteiger charge is 2.44. The number of carbonyl (C=O) groups is 1. The van der Waals surface area contributed by atoms with Crippen molar-refractivity contribution in [2.75, 3.05) is 41.8 Å². The average molecular weight is 515 g/mol. The summed E-state index contributed by atoms with van der Waals surface area (Å²) in [5, 5.41) is 0. The molecule has 1 unspecified atom stereocenters. The molecule has 1 aromatic carbocycles. The van der Waals surface area contributed by atoms with Gasteiger partial charge in [0.15, 0.2) is 5.69 Å². The number of rotatable bonds is 5. The van der Waals surface area contributed by atoms with Gasteiger partial charge in [0.2, 0.25) is 11.9 Å². The van der Waals surface area contributed by atoms with Crippen LogP contribution in [0.5, 0.6) is 0 Å². The molecule has 0 saturated carbocycles. The van der Waals surface area contributed by atoms with Crippen molar-refractivity contribution in [3.05, 3.63) is 53.9 Å². The Hall–Kier alpha value is -4.00. The molecule has 194 valence electrons. The van der Waals surface area contributed by atoms with Gasteiger partial charge in [-0.05, 0) is 12.0 Å². The number of anilines is 3. The number of benzene rings is 1. The van der Waals surface area contributed by atoms with Gasteiger partial charge in [-0.3, -0.25) is 4.90 Å². The summed E-state index contributed by atoms with van der Waals surface area (Å²) in [7, 11) is 0. The van der Waals surface area contributed by atoms with Gasteiger partial charge < -0.3 is 20.1 Å². The van der Waals surface area contributed by atoms with Crippen LogP contribution in [-0.2, 0) is 15.7 Å². The molecular weight excluding hydrogens is 491 g/mol. The van der Waals surface area contributed by atoms with Crippen molar-refractivity contribution in [2.45, 2.75) is 31.7 Å². The molecule has 0 spiro atoms. The normalized spacial score (nSPS) is 20.3. The van der Waals surface area contributed by atoms with Gasteiger partial charge in [0.25, 0.3) is 0 Å². The van der Waals surface area contributed by atoms with Crippen molar-refractivity contribution in [1.29, 1.82) is 0 Å². The first kappa shape index (κ1) is 24.7. The van der Waals surface area contributed by atoms with Crippen LogP contribution < -0.4 is 15.5 Å². The van der Waals surface area contributed by atoms with E-state index in [-0.39, 0.29) is 23.0 Å². The number of alkyl halides is 3. The molecule has 10 nitrogen and oxygen atoms in total. The number of nitrogen functional groups attached to an aromatic ring is 1. The van der Waals surface area contributed by atoms with Crippen molar-refractivity contribution in [1.82, 2.24) is 19.9 Å². The minimum atomic E-state index is -4.81. The molecule has 4 heterocycles. The highest BCUT2D eigenvalue weighted by molar-refractivity contribution is 5.90. The molecule has 2 aliphatic heterocycles. The molecule has 5 rings (SSSR count). The number of ether oxygens (including phenoxy) is 2. The second kappa shape index (κ2) is 9.81.